The number of carbonyl (C=O) groups excluding carboxylic acids is 4. The largest absolute Gasteiger partial charge is 0.508 e. The van der Waals surface area contributed by atoms with E-state index in [4.69, 9.17) is 5.73 Å². The molecule has 0 radical (unpaired) electrons. The monoisotopic (exact) mass is 442 g/mol. The molecule has 4 rings (SSSR count). The SMILES string of the molecule is CN(C)[C@@H]1C(=O)C(C(N)=O)=C(O)[C@@]2(O)C(=O)C3=C(O)c4c(O)ccc(C=O)c4C[C@H]3C[C@@H]12. The van der Waals surface area contributed by atoms with Gasteiger partial charge in [-0.05, 0) is 50.6 Å². The average Bonchev–Trinajstić information content (AvgIpc) is 2.70. The Balaban J connectivity index is 2.00. The molecule has 10 nitrogen and oxygen atoms in total. The third-order valence-corrected chi connectivity index (χ3v) is 6.77. The van der Waals surface area contributed by atoms with Crippen LogP contribution in [0.1, 0.15) is 27.9 Å². The zero-order chi connectivity index (χ0) is 23.7. The van der Waals surface area contributed by atoms with Gasteiger partial charge >= 0.3 is 0 Å². The minimum atomic E-state index is -2.68. The number of benzene rings is 1. The molecule has 0 aromatic heterocycles. The minimum Gasteiger partial charge on any atom is -0.508 e. The number of fused-ring (bicyclic) bond motifs is 3. The molecular formula is C22H22N2O8. The fourth-order valence-corrected chi connectivity index (χ4v) is 5.38. The molecule has 0 heterocycles. The molecule has 1 aromatic carbocycles. The van der Waals surface area contributed by atoms with Gasteiger partial charge in [0.1, 0.15) is 29.1 Å². The van der Waals surface area contributed by atoms with Gasteiger partial charge in [0.25, 0.3) is 5.91 Å². The van der Waals surface area contributed by atoms with Crippen LogP contribution in [-0.2, 0) is 20.8 Å². The van der Waals surface area contributed by atoms with Crippen LogP contribution in [0.25, 0.3) is 5.76 Å². The Hall–Kier alpha value is -3.50. The van der Waals surface area contributed by atoms with Crippen molar-refractivity contribution in [3.8, 4) is 5.75 Å². The van der Waals surface area contributed by atoms with E-state index in [0.717, 1.165) is 0 Å². The van der Waals surface area contributed by atoms with Gasteiger partial charge in [-0.1, -0.05) is 0 Å². The number of phenolic OH excluding ortho intramolecular Hbond substituents is 1. The number of aliphatic hydroxyl groups is 3. The molecule has 10 heteroatoms. The Labute approximate surface area is 182 Å². The summed E-state index contributed by atoms with van der Waals surface area (Å²) in [5.74, 6) is -7.19. The summed E-state index contributed by atoms with van der Waals surface area (Å²) in [6, 6.07) is 1.44. The number of aldehydes is 1. The van der Waals surface area contributed by atoms with Gasteiger partial charge in [0, 0.05) is 17.1 Å². The lowest BCUT2D eigenvalue weighted by Crippen LogP contribution is -2.65. The summed E-state index contributed by atoms with van der Waals surface area (Å²) in [5.41, 5.74) is 1.92. The van der Waals surface area contributed by atoms with Crippen molar-refractivity contribution in [2.45, 2.75) is 24.5 Å². The fraction of sp³-hybridized carbons (Fsp3) is 0.364. The Morgan fingerprint density at radius 3 is 2.44 bits per heavy atom. The summed E-state index contributed by atoms with van der Waals surface area (Å²) < 4.78 is 0. The summed E-state index contributed by atoms with van der Waals surface area (Å²) in [7, 11) is 3.05. The summed E-state index contributed by atoms with van der Waals surface area (Å²) in [5, 5.41) is 43.4. The number of phenols is 1. The van der Waals surface area contributed by atoms with Crippen molar-refractivity contribution in [1.29, 1.82) is 0 Å². The highest BCUT2D eigenvalue weighted by Crippen LogP contribution is 2.52. The zero-order valence-electron chi connectivity index (χ0n) is 17.3. The molecular weight excluding hydrogens is 420 g/mol. The van der Waals surface area contributed by atoms with Gasteiger partial charge < -0.3 is 26.2 Å². The number of Topliss-reactive ketones (excluding diaryl/α,β-unsaturated/α-hetero) is 2. The molecule has 6 N–H and O–H groups in total. The van der Waals surface area contributed by atoms with Gasteiger partial charge in [-0.25, -0.2) is 0 Å². The Morgan fingerprint density at radius 2 is 1.88 bits per heavy atom. The lowest BCUT2D eigenvalue weighted by molar-refractivity contribution is -0.153. The van der Waals surface area contributed by atoms with Crippen molar-refractivity contribution >= 4 is 29.5 Å². The van der Waals surface area contributed by atoms with Crippen LogP contribution in [0.2, 0.25) is 0 Å². The molecule has 1 aromatic rings. The highest BCUT2D eigenvalue weighted by molar-refractivity contribution is 6.24. The number of nitrogens with zero attached hydrogens (tertiary/aromatic N) is 1. The summed E-state index contributed by atoms with van der Waals surface area (Å²) in [6.07, 6.45) is 0.620. The summed E-state index contributed by atoms with van der Waals surface area (Å²) >= 11 is 0. The number of carbonyl (C=O) groups is 4. The first kappa shape index (κ1) is 21.7. The molecule has 0 saturated heterocycles. The van der Waals surface area contributed by atoms with Crippen LogP contribution >= 0.6 is 0 Å². The number of likely N-dealkylation sites (N-methyl/N-ethyl adjacent to an activating group) is 1. The van der Waals surface area contributed by atoms with Crippen molar-refractivity contribution in [3.05, 3.63) is 45.7 Å². The van der Waals surface area contributed by atoms with Crippen LogP contribution < -0.4 is 5.73 Å². The quantitative estimate of drug-likeness (QED) is 0.312. The van der Waals surface area contributed by atoms with Crippen LogP contribution in [0.4, 0.5) is 0 Å². The normalized spacial score (nSPS) is 29.6. The number of nitrogens with two attached hydrogens (primary N) is 1. The lowest BCUT2D eigenvalue weighted by Gasteiger charge is -2.50. The van der Waals surface area contributed by atoms with Crippen molar-refractivity contribution in [3.63, 3.8) is 0 Å². The third-order valence-electron chi connectivity index (χ3n) is 6.77. The molecule has 3 aliphatic carbocycles. The van der Waals surface area contributed by atoms with Crippen LogP contribution in [0.15, 0.2) is 29.0 Å². The molecule has 0 unspecified atom stereocenters. The van der Waals surface area contributed by atoms with E-state index in [1.165, 1.54) is 31.1 Å². The van der Waals surface area contributed by atoms with Gasteiger partial charge in [0.2, 0.25) is 5.78 Å². The number of amides is 1. The zero-order valence-corrected chi connectivity index (χ0v) is 17.3. The second-order valence-corrected chi connectivity index (χ2v) is 8.61. The van der Waals surface area contributed by atoms with E-state index in [1.807, 2.05) is 0 Å². The Bertz CT molecular complexity index is 1160. The number of ketones is 2. The number of hydrogen-bond donors (Lipinski definition) is 5. The highest BCUT2D eigenvalue weighted by Gasteiger charge is 2.64. The molecule has 0 spiro atoms. The lowest BCUT2D eigenvalue weighted by atomic mass is 9.57. The van der Waals surface area contributed by atoms with Crippen molar-refractivity contribution in [1.82, 2.24) is 4.90 Å². The number of hydrogen-bond acceptors (Lipinski definition) is 9. The fourth-order valence-electron chi connectivity index (χ4n) is 5.38. The molecule has 0 bridgehead atoms. The smallest absolute Gasteiger partial charge is 0.255 e. The maximum absolute atomic E-state index is 13.6. The van der Waals surface area contributed by atoms with E-state index in [1.54, 1.807) is 0 Å². The standard InChI is InChI=1S/C22H22N2O8/c1-24(2)16-11-6-9-5-10-8(7-25)3-4-12(26)14(10)17(27)13(9)19(29)22(11,32)20(30)15(18(16)28)21(23)31/h3-4,7,9,11,16,26-27,30,32H,5-6H2,1-2H3,(H2,23,31)/t9-,11-,16-,22-/m0/s1. The molecule has 1 saturated carbocycles. The van der Waals surface area contributed by atoms with Gasteiger partial charge in [0.15, 0.2) is 11.4 Å². The van der Waals surface area contributed by atoms with Gasteiger partial charge in [-0.3, -0.25) is 24.1 Å². The Morgan fingerprint density at radius 1 is 1.22 bits per heavy atom. The summed E-state index contributed by atoms with van der Waals surface area (Å²) in [4.78, 5) is 51.4. The first-order valence-electron chi connectivity index (χ1n) is 9.91. The van der Waals surface area contributed by atoms with E-state index in [-0.39, 0.29) is 35.3 Å². The Kier molecular flexibility index (Phi) is 4.76. The molecule has 4 atom stereocenters. The van der Waals surface area contributed by atoms with Gasteiger partial charge in [-0.2, -0.15) is 0 Å². The minimum absolute atomic E-state index is 0.0281. The van der Waals surface area contributed by atoms with E-state index in [9.17, 15) is 39.6 Å². The van der Waals surface area contributed by atoms with Crippen LogP contribution in [0.5, 0.6) is 5.75 Å². The first-order valence-corrected chi connectivity index (χ1v) is 9.91. The average molecular weight is 442 g/mol. The third kappa shape index (κ3) is 2.59. The maximum Gasteiger partial charge on any atom is 0.255 e. The molecule has 168 valence electrons. The summed E-state index contributed by atoms with van der Waals surface area (Å²) in [6.45, 7) is 0. The topological polar surface area (TPSA) is 178 Å². The van der Waals surface area contributed by atoms with Crippen molar-refractivity contribution < 1.29 is 39.6 Å². The van der Waals surface area contributed by atoms with Crippen LogP contribution in [-0.4, -0.2) is 74.8 Å². The van der Waals surface area contributed by atoms with Crippen molar-refractivity contribution in [2.75, 3.05) is 14.1 Å². The maximum atomic E-state index is 13.6. The van der Waals surface area contributed by atoms with E-state index < -0.39 is 58.0 Å². The predicted octanol–water partition coefficient (Wildman–Crippen LogP) is -0.223. The number of primary amides is 1. The second kappa shape index (κ2) is 7.01. The highest BCUT2D eigenvalue weighted by atomic mass is 16.3. The number of aliphatic hydroxyl groups excluding tert-OH is 2. The molecule has 3 aliphatic rings. The first-order chi connectivity index (χ1) is 15.0. The van der Waals surface area contributed by atoms with Crippen LogP contribution in [0.3, 0.4) is 0 Å². The van der Waals surface area contributed by atoms with E-state index in [0.29, 0.717) is 11.8 Å². The van der Waals surface area contributed by atoms with Gasteiger partial charge in [-0.15, -0.1) is 0 Å². The molecule has 1 fully saturated rings. The second-order valence-electron chi connectivity index (χ2n) is 8.61. The molecule has 0 aliphatic heterocycles. The van der Waals surface area contributed by atoms with Crippen LogP contribution in [0, 0.1) is 11.8 Å². The number of aromatic hydroxyl groups is 1. The molecule has 32 heavy (non-hydrogen) atoms. The molecule has 1 amide bonds. The number of rotatable bonds is 3. The van der Waals surface area contributed by atoms with Crippen molar-refractivity contribution in [2.24, 2.45) is 17.6 Å². The van der Waals surface area contributed by atoms with E-state index in [2.05, 4.69) is 0 Å². The van der Waals surface area contributed by atoms with E-state index >= 15 is 0 Å². The van der Waals surface area contributed by atoms with Gasteiger partial charge in [0.05, 0.1) is 11.6 Å². The predicted molar refractivity (Wildman–Crippen MR) is 110 cm³/mol.